The molecule has 154 valence electrons. The number of guanidine groups is 1. The molecule has 2 N–H and O–H groups in total. The molecule has 1 fully saturated rings. The first-order valence-corrected chi connectivity index (χ1v) is 9.37. The molecule has 0 radical (unpaired) electrons. The maximum atomic E-state index is 11.6. The number of hydrogen-bond donors (Lipinski definition) is 2. The molecule has 1 saturated heterocycles. The minimum absolute atomic E-state index is 0. The normalized spacial score (nSPS) is 15.2. The first-order chi connectivity index (χ1) is 13.2. The summed E-state index contributed by atoms with van der Waals surface area (Å²) >= 11 is 0. The van der Waals surface area contributed by atoms with Crippen LogP contribution < -0.4 is 10.6 Å². The molecule has 0 unspecified atom stereocenters. The maximum Gasteiger partial charge on any atom is 0.409 e. The number of aromatic nitrogens is 3. The van der Waals surface area contributed by atoms with E-state index in [0.717, 1.165) is 36.8 Å². The number of methoxy groups -OCH3 is 1. The average Bonchev–Trinajstić information content (AvgIpc) is 3.11. The number of ether oxygens (including phenoxy) is 1. The summed E-state index contributed by atoms with van der Waals surface area (Å²) in [5.41, 5.74) is 0.846. The van der Waals surface area contributed by atoms with Gasteiger partial charge in [-0.2, -0.15) is 0 Å². The van der Waals surface area contributed by atoms with Gasteiger partial charge in [0.1, 0.15) is 5.82 Å². The van der Waals surface area contributed by atoms with Gasteiger partial charge in [0.25, 0.3) is 0 Å². The molecule has 0 atom stereocenters. The third-order valence-corrected chi connectivity index (χ3v) is 4.60. The Balaban J connectivity index is 0.00000280. The van der Waals surface area contributed by atoms with Gasteiger partial charge in [-0.05, 0) is 31.9 Å². The quantitative estimate of drug-likeness (QED) is 0.368. The Morgan fingerprint density at radius 1 is 1.32 bits per heavy atom. The second kappa shape index (κ2) is 11.0. The predicted molar refractivity (Wildman–Crippen MR) is 118 cm³/mol. The van der Waals surface area contributed by atoms with Crippen LogP contribution in [0.15, 0.2) is 29.4 Å². The molecule has 3 heterocycles. The van der Waals surface area contributed by atoms with Crippen LogP contribution in [0.5, 0.6) is 0 Å². The minimum atomic E-state index is -0.255. The van der Waals surface area contributed by atoms with E-state index in [1.807, 2.05) is 35.7 Å². The topological polar surface area (TPSA) is 96.1 Å². The largest absolute Gasteiger partial charge is 0.453 e. The number of hydrogen-bond acceptors (Lipinski definition) is 5. The number of amides is 1. The Labute approximate surface area is 182 Å². The summed E-state index contributed by atoms with van der Waals surface area (Å²) in [5, 5.41) is 15.2. The van der Waals surface area contributed by atoms with Gasteiger partial charge in [0.15, 0.2) is 11.6 Å². The Morgan fingerprint density at radius 2 is 2.11 bits per heavy atom. The molecule has 1 aliphatic heterocycles. The standard InChI is InChI=1S/C18H27N7O2.HI/c1-3-19-17(21-14-8-12-24(13-9-14)18(26)27-2)20-10-7-16-23-22-15-6-4-5-11-25(15)16;/h4-6,11,14H,3,7-10,12-13H2,1-2H3,(H2,19,20,21);1H. The summed E-state index contributed by atoms with van der Waals surface area (Å²) in [6.45, 7) is 4.83. The fourth-order valence-electron chi connectivity index (χ4n) is 3.18. The third-order valence-electron chi connectivity index (χ3n) is 4.60. The molecule has 10 heteroatoms. The fourth-order valence-corrected chi connectivity index (χ4v) is 3.18. The van der Waals surface area contributed by atoms with Crippen molar-refractivity contribution < 1.29 is 9.53 Å². The molecule has 3 rings (SSSR count). The van der Waals surface area contributed by atoms with Crippen molar-refractivity contribution in [2.24, 2.45) is 4.99 Å². The van der Waals surface area contributed by atoms with Crippen LogP contribution in [0.3, 0.4) is 0 Å². The number of pyridine rings is 1. The number of halogens is 1. The number of aliphatic imine (C=N–C) groups is 1. The van der Waals surface area contributed by atoms with E-state index >= 15 is 0 Å². The van der Waals surface area contributed by atoms with Crippen LogP contribution >= 0.6 is 24.0 Å². The zero-order chi connectivity index (χ0) is 19.1. The zero-order valence-corrected chi connectivity index (χ0v) is 18.6. The van der Waals surface area contributed by atoms with Gasteiger partial charge in [-0.1, -0.05) is 6.07 Å². The zero-order valence-electron chi connectivity index (χ0n) is 16.3. The summed E-state index contributed by atoms with van der Waals surface area (Å²) in [5.74, 6) is 1.69. The lowest BCUT2D eigenvalue weighted by Gasteiger charge is -2.32. The van der Waals surface area contributed by atoms with Gasteiger partial charge in [0.05, 0.1) is 7.11 Å². The predicted octanol–water partition coefficient (Wildman–Crippen LogP) is 1.68. The highest BCUT2D eigenvalue weighted by Gasteiger charge is 2.23. The molecule has 2 aromatic rings. The first kappa shape index (κ1) is 22.2. The Hall–Kier alpha value is -2.11. The molecule has 0 saturated carbocycles. The van der Waals surface area contributed by atoms with Crippen LogP contribution in [0, 0.1) is 0 Å². The number of carbonyl (C=O) groups excluding carboxylic acids is 1. The highest BCUT2D eigenvalue weighted by atomic mass is 127. The van der Waals surface area contributed by atoms with Crippen molar-refractivity contribution in [2.75, 3.05) is 33.3 Å². The molecule has 2 aromatic heterocycles. The number of likely N-dealkylation sites (tertiary alicyclic amines) is 1. The molecule has 28 heavy (non-hydrogen) atoms. The first-order valence-electron chi connectivity index (χ1n) is 9.37. The lowest BCUT2D eigenvalue weighted by atomic mass is 10.1. The molecule has 0 aromatic carbocycles. The number of piperidine rings is 1. The molecular formula is C18H28IN7O2. The van der Waals surface area contributed by atoms with Gasteiger partial charge in [0.2, 0.25) is 0 Å². The smallest absolute Gasteiger partial charge is 0.409 e. The Bertz CT molecular complexity index is 787. The summed E-state index contributed by atoms with van der Waals surface area (Å²) in [4.78, 5) is 18.0. The Morgan fingerprint density at radius 3 is 2.82 bits per heavy atom. The molecule has 1 aliphatic rings. The van der Waals surface area contributed by atoms with Crippen LogP contribution in [0.25, 0.3) is 5.65 Å². The summed E-state index contributed by atoms with van der Waals surface area (Å²) in [6.07, 6.45) is 4.16. The average molecular weight is 501 g/mol. The molecule has 0 bridgehead atoms. The van der Waals surface area contributed by atoms with E-state index < -0.39 is 0 Å². The molecule has 1 amide bonds. The van der Waals surface area contributed by atoms with Crippen molar-refractivity contribution >= 4 is 41.7 Å². The van der Waals surface area contributed by atoms with E-state index in [2.05, 4.69) is 25.8 Å². The van der Waals surface area contributed by atoms with E-state index in [1.54, 1.807) is 4.90 Å². The second-order valence-corrected chi connectivity index (χ2v) is 6.43. The number of nitrogens with zero attached hydrogens (tertiary/aromatic N) is 5. The van der Waals surface area contributed by atoms with Crippen LogP contribution in [-0.4, -0.2) is 70.9 Å². The van der Waals surface area contributed by atoms with E-state index in [4.69, 9.17) is 4.74 Å². The van der Waals surface area contributed by atoms with Gasteiger partial charge >= 0.3 is 6.09 Å². The SMILES string of the molecule is CCNC(=NCCc1nnc2ccccn12)NC1CCN(C(=O)OC)CC1.I. The molecule has 0 spiro atoms. The van der Waals surface area contributed by atoms with Crippen molar-refractivity contribution in [3.05, 3.63) is 30.2 Å². The Kier molecular flexibility index (Phi) is 8.74. The van der Waals surface area contributed by atoms with Crippen LogP contribution in [0.1, 0.15) is 25.6 Å². The fraction of sp³-hybridized carbons (Fsp3) is 0.556. The third kappa shape index (κ3) is 5.69. The monoisotopic (exact) mass is 501 g/mol. The van der Waals surface area contributed by atoms with Gasteiger partial charge in [-0.3, -0.25) is 9.39 Å². The summed E-state index contributed by atoms with van der Waals surface area (Å²) in [7, 11) is 1.42. The van der Waals surface area contributed by atoms with Gasteiger partial charge in [-0.15, -0.1) is 34.2 Å². The van der Waals surface area contributed by atoms with Crippen LogP contribution in [0.2, 0.25) is 0 Å². The highest BCUT2D eigenvalue weighted by molar-refractivity contribution is 14.0. The van der Waals surface area contributed by atoms with E-state index in [9.17, 15) is 4.79 Å². The molecule has 9 nitrogen and oxygen atoms in total. The lowest BCUT2D eigenvalue weighted by molar-refractivity contribution is 0.111. The second-order valence-electron chi connectivity index (χ2n) is 6.43. The maximum absolute atomic E-state index is 11.6. The van der Waals surface area contributed by atoms with Gasteiger partial charge in [0, 0.05) is 44.8 Å². The van der Waals surface area contributed by atoms with Gasteiger partial charge in [-0.25, -0.2) is 4.79 Å². The summed E-state index contributed by atoms with van der Waals surface area (Å²) < 4.78 is 6.77. The number of carbonyl (C=O) groups is 1. The van der Waals surface area contributed by atoms with Crippen molar-refractivity contribution in [1.82, 2.24) is 30.1 Å². The van der Waals surface area contributed by atoms with Crippen molar-refractivity contribution in [3.8, 4) is 0 Å². The van der Waals surface area contributed by atoms with E-state index in [-0.39, 0.29) is 36.1 Å². The summed E-state index contributed by atoms with van der Waals surface area (Å²) in [6, 6.07) is 6.14. The lowest BCUT2D eigenvalue weighted by Crippen LogP contribution is -2.49. The molecule has 0 aliphatic carbocycles. The van der Waals surface area contributed by atoms with Crippen LogP contribution in [-0.2, 0) is 11.2 Å². The number of fused-ring (bicyclic) bond motifs is 1. The highest BCUT2D eigenvalue weighted by Crippen LogP contribution is 2.11. The van der Waals surface area contributed by atoms with Crippen LogP contribution in [0.4, 0.5) is 4.79 Å². The van der Waals surface area contributed by atoms with E-state index in [1.165, 1.54) is 7.11 Å². The van der Waals surface area contributed by atoms with Crippen molar-refractivity contribution in [2.45, 2.75) is 32.2 Å². The van der Waals surface area contributed by atoms with Crippen molar-refractivity contribution in [1.29, 1.82) is 0 Å². The van der Waals surface area contributed by atoms with Gasteiger partial charge < -0.3 is 20.3 Å². The van der Waals surface area contributed by atoms with E-state index in [0.29, 0.717) is 26.1 Å². The molecular weight excluding hydrogens is 473 g/mol. The number of nitrogens with one attached hydrogen (secondary N) is 2. The minimum Gasteiger partial charge on any atom is -0.453 e. The van der Waals surface area contributed by atoms with Crippen molar-refractivity contribution in [3.63, 3.8) is 0 Å². The number of rotatable bonds is 5.